The van der Waals surface area contributed by atoms with E-state index in [1.807, 2.05) is 0 Å². The van der Waals surface area contributed by atoms with Crippen LogP contribution in [0.3, 0.4) is 0 Å². The van der Waals surface area contributed by atoms with Crippen LogP contribution in [-0.4, -0.2) is 21.3 Å². The van der Waals surface area contributed by atoms with Crippen LogP contribution >= 0.6 is 0 Å². The van der Waals surface area contributed by atoms with E-state index in [1.165, 1.54) is 12.1 Å². The Kier molecular flexibility index (Phi) is 3.85. The second kappa shape index (κ2) is 5.81. The highest BCUT2D eigenvalue weighted by Gasteiger charge is 2.15. The van der Waals surface area contributed by atoms with E-state index < -0.39 is 11.6 Å². The first-order chi connectivity index (χ1) is 10.6. The summed E-state index contributed by atoms with van der Waals surface area (Å²) >= 11 is 0. The van der Waals surface area contributed by atoms with Crippen molar-refractivity contribution in [2.75, 3.05) is 6.61 Å². The highest BCUT2D eigenvalue weighted by molar-refractivity contribution is 5.80. The molecule has 22 heavy (non-hydrogen) atoms. The molecule has 0 saturated carbocycles. The van der Waals surface area contributed by atoms with Crippen LogP contribution in [0.5, 0.6) is 0 Å². The zero-order valence-electron chi connectivity index (χ0n) is 11.6. The number of aromatic nitrogens is 2. The average molecular weight is 306 g/mol. The van der Waals surface area contributed by atoms with Gasteiger partial charge in [0, 0.05) is 30.8 Å². The van der Waals surface area contributed by atoms with Crippen LogP contribution in [0.4, 0.5) is 13.2 Å². The maximum absolute atomic E-state index is 13.5. The first kappa shape index (κ1) is 14.6. The van der Waals surface area contributed by atoms with Crippen molar-refractivity contribution in [3.05, 3.63) is 53.8 Å². The number of rotatable bonds is 4. The zero-order chi connectivity index (χ0) is 15.7. The van der Waals surface area contributed by atoms with Gasteiger partial charge >= 0.3 is 0 Å². The maximum atomic E-state index is 13.5. The first-order valence-electron chi connectivity index (χ1n) is 6.82. The van der Waals surface area contributed by atoms with Gasteiger partial charge in [0.2, 0.25) is 0 Å². The number of imidazole rings is 1. The molecule has 0 radical (unpaired) electrons. The summed E-state index contributed by atoms with van der Waals surface area (Å²) in [6, 6.07) is 7.82. The lowest BCUT2D eigenvalue weighted by atomic mass is 10.2. The summed E-state index contributed by atoms with van der Waals surface area (Å²) in [5, 5.41) is 9.02. The molecule has 0 aliphatic heterocycles. The zero-order valence-corrected chi connectivity index (χ0v) is 11.6. The lowest BCUT2D eigenvalue weighted by Gasteiger charge is -2.08. The number of halogens is 3. The summed E-state index contributed by atoms with van der Waals surface area (Å²) in [5.41, 5.74) is 1.39. The molecular formula is C16H13F3N2O. The third-order valence-electron chi connectivity index (χ3n) is 3.43. The van der Waals surface area contributed by atoms with Gasteiger partial charge in [0.05, 0.1) is 11.0 Å². The SMILES string of the molecule is OCCCn1c(-c2ccc(F)cc2)nc2cc(F)c(F)cc21. The van der Waals surface area contributed by atoms with Crippen LogP contribution in [0.2, 0.25) is 0 Å². The van der Waals surface area contributed by atoms with Crippen LogP contribution in [-0.2, 0) is 6.54 Å². The third-order valence-corrected chi connectivity index (χ3v) is 3.43. The van der Waals surface area contributed by atoms with E-state index in [-0.39, 0.29) is 12.4 Å². The van der Waals surface area contributed by atoms with Gasteiger partial charge in [-0.2, -0.15) is 0 Å². The molecule has 0 aliphatic rings. The summed E-state index contributed by atoms with van der Waals surface area (Å²) in [6.07, 6.45) is 0.443. The third kappa shape index (κ3) is 2.57. The molecule has 1 heterocycles. The van der Waals surface area contributed by atoms with Crippen molar-refractivity contribution in [3.63, 3.8) is 0 Å². The van der Waals surface area contributed by atoms with Crippen LogP contribution in [0.1, 0.15) is 6.42 Å². The number of aliphatic hydroxyl groups is 1. The van der Waals surface area contributed by atoms with E-state index in [9.17, 15) is 13.2 Å². The Morgan fingerprint density at radius 2 is 1.68 bits per heavy atom. The van der Waals surface area contributed by atoms with Gasteiger partial charge in [-0.1, -0.05) is 0 Å². The van der Waals surface area contributed by atoms with Gasteiger partial charge in [-0.15, -0.1) is 0 Å². The largest absolute Gasteiger partial charge is 0.396 e. The average Bonchev–Trinajstić information content (AvgIpc) is 2.84. The van der Waals surface area contributed by atoms with E-state index >= 15 is 0 Å². The standard InChI is InChI=1S/C16H13F3N2O/c17-11-4-2-10(3-5-11)16-20-14-8-12(18)13(19)9-15(14)21(16)6-1-7-22/h2-5,8-9,22H,1,6-7H2. The quantitative estimate of drug-likeness (QED) is 0.801. The van der Waals surface area contributed by atoms with Gasteiger partial charge in [-0.3, -0.25) is 0 Å². The molecule has 6 heteroatoms. The number of hydrogen-bond donors (Lipinski definition) is 1. The predicted molar refractivity (Wildman–Crippen MR) is 76.7 cm³/mol. The van der Waals surface area contributed by atoms with Crippen LogP contribution in [0.15, 0.2) is 36.4 Å². The van der Waals surface area contributed by atoms with Crippen molar-refractivity contribution in [2.24, 2.45) is 0 Å². The van der Waals surface area contributed by atoms with Crippen molar-refractivity contribution in [2.45, 2.75) is 13.0 Å². The Morgan fingerprint density at radius 3 is 2.36 bits per heavy atom. The van der Waals surface area contributed by atoms with Crippen LogP contribution in [0.25, 0.3) is 22.4 Å². The van der Waals surface area contributed by atoms with E-state index in [0.717, 1.165) is 12.1 Å². The summed E-state index contributed by atoms with van der Waals surface area (Å²) < 4.78 is 41.6. The van der Waals surface area contributed by atoms with E-state index in [4.69, 9.17) is 5.11 Å². The van der Waals surface area contributed by atoms with E-state index in [1.54, 1.807) is 16.7 Å². The molecule has 0 aliphatic carbocycles. The smallest absolute Gasteiger partial charge is 0.161 e. The maximum Gasteiger partial charge on any atom is 0.161 e. The lowest BCUT2D eigenvalue weighted by Crippen LogP contribution is -2.03. The molecule has 0 saturated heterocycles. The van der Waals surface area contributed by atoms with Gasteiger partial charge in [0.15, 0.2) is 11.6 Å². The van der Waals surface area contributed by atoms with Crippen molar-refractivity contribution in [3.8, 4) is 11.4 Å². The van der Waals surface area contributed by atoms with E-state index in [0.29, 0.717) is 35.4 Å². The van der Waals surface area contributed by atoms with Crippen molar-refractivity contribution >= 4 is 11.0 Å². The van der Waals surface area contributed by atoms with Gasteiger partial charge in [0.1, 0.15) is 11.6 Å². The van der Waals surface area contributed by atoms with Crippen molar-refractivity contribution < 1.29 is 18.3 Å². The number of hydrogen-bond acceptors (Lipinski definition) is 2. The summed E-state index contributed by atoms with van der Waals surface area (Å²) in [4.78, 5) is 4.32. The van der Waals surface area contributed by atoms with Crippen LogP contribution < -0.4 is 0 Å². The minimum Gasteiger partial charge on any atom is -0.396 e. The second-order valence-corrected chi connectivity index (χ2v) is 4.93. The molecule has 1 N–H and O–H groups in total. The molecule has 0 fully saturated rings. The Labute approximate surface area is 124 Å². The number of nitrogens with zero attached hydrogens (tertiary/aromatic N) is 2. The Hall–Kier alpha value is -2.34. The first-order valence-corrected chi connectivity index (χ1v) is 6.82. The molecule has 1 aromatic heterocycles. The normalized spacial score (nSPS) is 11.3. The van der Waals surface area contributed by atoms with E-state index in [2.05, 4.69) is 4.98 Å². The number of aliphatic hydroxyl groups excluding tert-OH is 1. The van der Waals surface area contributed by atoms with Gasteiger partial charge in [-0.05, 0) is 30.7 Å². The number of aryl methyl sites for hydroxylation is 1. The van der Waals surface area contributed by atoms with Gasteiger partial charge < -0.3 is 9.67 Å². The molecular weight excluding hydrogens is 293 g/mol. The summed E-state index contributed by atoms with van der Waals surface area (Å²) in [7, 11) is 0. The molecule has 0 spiro atoms. The number of benzene rings is 2. The molecule has 3 nitrogen and oxygen atoms in total. The van der Waals surface area contributed by atoms with Crippen molar-refractivity contribution in [1.29, 1.82) is 0 Å². The highest BCUT2D eigenvalue weighted by atomic mass is 19.2. The summed E-state index contributed by atoms with van der Waals surface area (Å²) in [5.74, 6) is -1.82. The molecule has 3 rings (SSSR count). The monoisotopic (exact) mass is 306 g/mol. The molecule has 114 valence electrons. The Balaban J connectivity index is 2.21. The second-order valence-electron chi connectivity index (χ2n) is 4.93. The molecule has 2 aromatic carbocycles. The molecule has 3 aromatic rings. The van der Waals surface area contributed by atoms with Gasteiger partial charge in [-0.25, -0.2) is 18.2 Å². The molecule has 0 atom stereocenters. The molecule has 0 amide bonds. The van der Waals surface area contributed by atoms with Crippen molar-refractivity contribution in [1.82, 2.24) is 9.55 Å². The lowest BCUT2D eigenvalue weighted by molar-refractivity contribution is 0.281. The Bertz CT molecular complexity index is 812. The summed E-state index contributed by atoms with van der Waals surface area (Å²) in [6.45, 7) is 0.358. The molecule has 0 unspecified atom stereocenters. The fourth-order valence-corrected chi connectivity index (χ4v) is 2.39. The fraction of sp³-hybridized carbons (Fsp3) is 0.188. The highest BCUT2D eigenvalue weighted by Crippen LogP contribution is 2.27. The number of fused-ring (bicyclic) bond motifs is 1. The van der Waals surface area contributed by atoms with Gasteiger partial charge in [0.25, 0.3) is 0 Å². The Morgan fingerprint density at radius 1 is 1.00 bits per heavy atom. The minimum atomic E-state index is -0.968. The van der Waals surface area contributed by atoms with Crippen LogP contribution in [0, 0.1) is 17.5 Å². The molecule has 0 bridgehead atoms. The predicted octanol–water partition coefficient (Wildman–Crippen LogP) is 3.50. The topological polar surface area (TPSA) is 38.0 Å². The fourth-order valence-electron chi connectivity index (χ4n) is 2.39. The minimum absolute atomic E-state index is 0.0355.